The Morgan fingerprint density at radius 2 is 1.84 bits per heavy atom. The van der Waals surface area contributed by atoms with Crippen molar-refractivity contribution >= 4 is 29.4 Å². The first-order valence-electron chi connectivity index (χ1n) is 13.5. The van der Waals surface area contributed by atoms with Gasteiger partial charge >= 0.3 is 6.09 Å². The fourth-order valence-electron chi connectivity index (χ4n) is 5.05. The highest BCUT2D eigenvalue weighted by molar-refractivity contribution is 6.01. The number of anilines is 2. The van der Waals surface area contributed by atoms with Crippen molar-refractivity contribution in [1.82, 2.24) is 25.6 Å². The van der Waals surface area contributed by atoms with E-state index in [9.17, 15) is 18.8 Å². The van der Waals surface area contributed by atoms with Crippen LogP contribution in [0.15, 0.2) is 12.3 Å². The third kappa shape index (κ3) is 8.00. The number of piperazine rings is 1. The van der Waals surface area contributed by atoms with Crippen LogP contribution in [-0.2, 0) is 14.3 Å². The number of halogens is 1. The number of aromatic nitrogens is 1. The highest BCUT2D eigenvalue weighted by Gasteiger charge is 2.28. The minimum atomic E-state index is -0.646. The summed E-state index contributed by atoms with van der Waals surface area (Å²) in [5.41, 5.74) is 2.50. The van der Waals surface area contributed by atoms with Gasteiger partial charge < -0.3 is 15.0 Å². The molecule has 0 bridgehead atoms. The van der Waals surface area contributed by atoms with Crippen molar-refractivity contribution in [3.8, 4) is 0 Å². The number of hydrogen-bond acceptors (Lipinski definition) is 9. The van der Waals surface area contributed by atoms with E-state index in [-0.39, 0.29) is 18.0 Å². The van der Waals surface area contributed by atoms with E-state index in [1.54, 1.807) is 0 Å². The molecule has 0 spiro atoms. The minimum Gasteiger partial charge on any atom is -0.443 e. The summed E-state index contributed by atoms with van der Waals surface area (Å²) >= 11 is 0. The van der Waals surface area contributed by atoms with Gasteiger partial charge in [0.1, 0.15) is 17.5 Å². The van der Waals surface area contributed by atoms with Crippen molar-refractivity contribution < 1.29 is 23.5 Å². The number of ether oxygens (including phenoxy) is 1. The summed E-state index contributed by atoms with van der Waals surface area (Å²) < 4.78 is 20.1. The Morgan fingerprint density at radius 1 is 1.13 bits per heavy atom. The number of hydrazine groups is 1. The van der Waals surface area contributed by atoms with Crippen molar-refractivity contribution in [1.29, 1.82) is 0 Å². The Labute approximate surface area is 223 Å². The molecule has 38 heavy (non-hydrogen) atoms. The Kier molecular flexibility index (Phi) is 9.03. The quantitative estimate of drug-likeness (QED) is 0.453. The predicted molar refractivity (Wildman–Crippen MR) is 141 cm³/mol. The van der Waals surface area contributed by atoms with Gasteiger partial charge in [0.15, 0.2) is 5.82 Å². The van der Waals surface area contributed by atoms with Crippen molar-refractivity contribution in [2.45, 2.75) is 64.5 Å². The number of pyridine rings is 1. The molecule has 3 N–H and O–H groups in total. The molecule has 1 atom stereocenters. The van der Waals surface area contributed by atoms with Gasteiger partial charge in [-0.3, -0.25) is 25.2 Å². The lowest BCUT2D eigenvalue weighted by Gasteiger charge is -2.37. The molecule has 0 radical (unpaired) electrons. The number of piperidine rings is 2. The van der Waals surface area contributed by atoms with Gasteiger partial charge in [-0.1, -0.05) is 0 Å². The molecule has 11 nitrogen and oxygen atoms in total. The van der Waals surface area contributed by atoms with E-state index < -0.39 is 29.5 Å². The fourth-order valence-corrected chi connectivity index (χ4v) is 5.05. The van der Waals surface area contributed by atoms with Gasteiger partial charge in [0, 0.05) is 51.8 Å². The number of carbonyl (C=O) groups is 3. The molecule has 0 saturated carbocycles. The SMILES string of the molecule is CC(C)(C)OC(=O)NN1CCC(CCN2CCN(c3cc(F)c(NC4CCC(=O)NC4=O)cn3)CC2)CC1. The summed E-state index contributed by atoms with van der Waals surface area (Å²) in [6.45, 7) is 11.5. The molecule has 3 aliphatic rings. The van der Waals surface area contributed by atoms with E-state index in [4.69, 9.17) is 4.74 Å². The standard InChI is InChI=1S/C26H40FN7O4/c1-26(2,3)38-25(37)31-34-10-7-18(8-11-34)6-9-32-12-14-33(15-13-32)22-16-19(27)21(17-28-22)29-20-4-5-23(35)30-24(20)36/h16-18,20,29H,4-15H2,1-3H3,(H,31,37)(H,30,35,36). The van der Waals surface area contributed by atoms with Crippen LogP contribution < -0.4 is 21.0 Å². The fraction of sp³-hybridized carbons (Fsp3) is 0.692. The third-order valence-corrected chi connectivity index (χ3v) is 7.22. The molecule has 210 valence electrons. The number of nitrogens with zero attached hydrogens (tertiary/aromatic N) is 4. The van der Waals surface area contributed by atoms with Crippen LogP contribution in [0.4, 0.5) is 20.7 Å². The van der Waals surface area contributed by atoms with Crippen LogP contribution in [0.5, 0.6) is 0 Å². The maximum absolute atomic E-state index is 14.8. The van der Waals surface area contributed by atoms with Gasteiger partial charge in [0.25, 0.3) is 0 Å². The number of nitrogens with one attached hydrogen (secondary N) is 3. The van der Waals surface area contributed by atoms with E-state index in [0.29, 0.717) is 18.2 Å². The van der Waals surface area contributed by atoms with Crippen LogP contribution in [0.25, 0.3) is 0 Å². The topological polar surface area (TPSA) is 119 Å². The summed E-state index contributed by atoms with van der Waals surface area (Å²) in [7, 11) is 0. The zero-order valence-electron chi connectivity index (χ0n) is 22.6. The molecule has 1 unspecified atom stereocenters. The van der Waals surface area contributed by atoms with Crippen molar-refractivity contribution in [3.63, 3.8) is 0 Å². The lowest BCUT2D eigenvalue weighted by atomic mass is 9.94. The van der Waals surface area contributed by atoms with Crippen LogP contribution in [0, 0.1) is 11.7 Å². The monoisotopic (exact) mass is 533 g/mol. The number of hydrogen-bond donors (Lipinski definition) is 3. The van der Waals surface area contributed by atoms with Gasteiger partial charge in [-0.15, -0.1) is 0 Å². The number of amides is 3. The van der Waals surface area contributed by atoms with Gasteiger partial charge in [0.2, 0.25) is 11.8 Å². The average molecular weight is 534 g/mol. The smallest absolute Gasteiger partial charge is 0.422 e. The van der Waals surface area contributed by atoms with Crippen LogP contribution in [0.3, 0.4) is 0 Å². The number of rotatable bonds is 7. The molecule has 0 aliphatic carbocycles. The lowest BCUT2D eigenvalue weighted by molar-refractivity contribution is -0.133. The van der Waals surface area contributed by atoms with Crippen molar-refractivity contribution in [2.24, 2.45) is 5.92 Å². The maximum atomic E-state index is 14.8. The second-order valence-electron chi connectivity index (χ2n) is 11.3. The summed E-state index contributed by atoms with van der Waals surface area (Å²) in [6, 6.07) is 0.759. The summed E-state index contributed by atoms with van der Waals surface area (Å²) in [5.74, 6) is 0.00309. The van der Waals surface area contributed by atoms with E-state index in [1.165, 1.54) is 12.3 Å². The first kappa shape index (κ1) is 28.0. The van der Waals surface area contributed by atoms with Gasteiger partial charge in [-0.2, -0.15) is 0 Å². The zero-order valence-corrected chi connectivity index (χ0v) is 22.6. The Balaban J connectivity index is 1.15. The Morgan fingerprint density at radius 3 is 2.47 bits per heavy atom. The number of carbonyl (C=O) groups excluding carboxylic acids is 3. The van der Waals surface area contributed by atoms with Gasteiger partial charge in [-0.25, -0.2) is 19.2 Å². The highest BCUT2D eigenvalue weighted by Crippen LogP contribution is 2.24. The number of imide groups is 1. The second kappa shape index (κ2) is 12.2. The molecule has 3 saturated heterocycles. The second-order valence-corrected chi connectivity index (χ2v) is 11.3. The molecular formula is C26H40FN7O4. The first-order valence-corrected chi connectivity index (χ1v) is 13.5. The Bertz CT molecular complexity index is 1000. The van der Waals surface area contributed by atoms with E-state index in [0.717, 1.165) is 65.1 Å². The molecule has 3 amide bonds. The molecule has 4 heterocycles. The van der Waals surface area contributed by atoms with Crippen molar-refractivity contribution in [2.75, 3.05) is 56.0 Å². The minimum absolute atomic E-state index is 0.161. The molecular weight excluding hydrogens is 493 g/mol. The van der Waals surface area contributed by atoms with E-state index >= 15 is 0 Å². The predicted octanol–water partition coefficient (Wildman–Crippen LogP) is 2.10. The Hall–Kier alpha value is -2.99. The molecule has 4 rings (SSSR count). The molecule has 12 heteroatoms. The highest BCUT2D eigenvalue weighted by atomic mass is 19.1. The summed E-state index contributed by atoms with van der Waals surface area (Å²) in [4.78, 5) is 44.2. The van der Waals surface area contributed by atoms with Crippen molar-refractivity contribution in [3.05, 3.63) is 18.1 Å². The molecule has 1 aromatic rings. The summed E-state index contributed by atoms with van der Waals surface area (Å²) in [6.07, 6.45) is 4.78. The van der Waals surface area contributed by atoms with E-state index in [2.05, 4.69) is 30.8 Å². The molecule has 1 aromatic heterocycles. The molecule has 3 aliphatic heterocycles. The molecule has 0 aromatic carbocycles. The third-order valence-electron chi connectivity index (χ3n) is 7.22. The lowest BCUT2D eigenvalue weighted by Crippen LogP contribution is -2.49. The normalized spacial score (nSPS) is 22.2. The van der Waals surface area contributed by atoms with Crippen LogP contribution in [0.1, 0.15) is 52.9 Å². The average Bonchev–Trinajstić information content (AvgIpc) is 2.85. The molecule has 3 fully saturated rings. The first-order chi connectivity index (χ1) is 18.1. The largest absolute Gasteiger partial charge is 0.443 e. The zero-order chi connectivity index (χ0) is 27.3. The van der Waals surface area contributed by atoms with Gasteiger partial charge in [-0.05, 0) is 58.9 Å². The van der Waals surface area contributed by atoms with Crippen LogP contribution in [-0.4, -0.2) is 90.3 Å². The maximum Gasteiger partial charge on any atom is 0.422 e. The summed E-state index contributed by atoms with van der Waals surface area (Å²) in [5, 5.41) is 7.08. The van der Waals surface area contributed by atoms with Crippen LogP contribution in [0.2, 0.25) is 0 Å². The van der Waals surface area contributed by atoms with Crippen LogP contribution >= 0.6 is 0 Å². The van der Waals surface area contributed by atoms with E-state index in [1.807, 2.05) is 25.8 Å². The van der Waals surface area contributed by atoms with Gasteiger partial charge in [0.05, 0.1) is 11.9 Å².